The SMILES string of the molecule is CCc1ccc(N2CC(C(=O)Oc3ccc(N4C(=O)CCC4=O)c(C)c3)CC2=O)cc1. The first kappa shape index (κ1) is 20.8. The summed E-state index contributed by atoms with van der Waals surface area (Å²) in [5.74, 6) is -1.27. The average Bonchev–Trinajstić information content (AvgIpc) is 3.30. The molecule has 2 heterocycles. The number of imide groups is 1. The van der Waals surface area contributed by atoms with Crippen molar-refractivity contribution in [3.8, 4) is 5.75 Å². The molecule has 4 rings (SSSR count). The van der Waals surface area contributed by atoms with Gasteiger partial charge in [0.2, 0.25) is 17.7 Å². The van der Waals surface area contributed by atoms with Gasteiger partial charge in [-0.15, -0.1) is 0 Å². The maximum Gasteiger partial charge on any atom is 0.316 e. The van der Waals surface area contributed by atoms with Gasteiger partial charge in [-0.1, -0.05) is 19.1 Å². The standard InChI is InChI=1S/C24H24N2O5/c1-3-16-4-6-18(7-5-16)25-14-17(13-23(25)29)24(30)31-19-8-9-20(15(2)12-19)26-21(27)10-11-22(26)28/h4-9,12,17H,3,10-11,13-14H2,1-2H3. The van der Waals surface area contributed by atoms with E-state index in [-0.39, 0.29) is 43.5 Å². The van der Waals surface area contributed by atoms with E-state index in [0.717, 1.165) is 12.1 Å². The summed E-state index contributed by atoms with van der Waals surface area (Å²) >= 11 is 0. The second kappa shape index (κ2) is 8.34. The zero-order chi connectivity index (χ0) is 22.1. The Balaban J connectivity index is 1.43. The fourth-order valence-electron chi connectivity index (χ4n) is 4.01. The van der Waals surface area contributed by atoms with Crippen LogP contribution in [0.3, 0.4) is 0 Å². The van der Waals surface area contributed by atoms with Gasteiger partial charge < -0.3 is 9.64 Å². The van der Waals surface area contributed by atoms with Crippen LogP contribution in [-0.4, -0.2) is 30.2 Å². The number of nitrogens with zero attached hydrogens (tertiary/aromatic N) is 2. The van der Waals surface area contributed by atoms with Crippen molar-refractivity contribution < 1.29 is 23.9 Å². The molecule has 2 aromatic carbocycles. The van der Waals surface area contributed by atoms with Crippen LogP contribution in [0.15, 0.2) is 42.5 Å². The van der Waals surface area contributed by atoms with E-state index in [1.807, 2.05) is 24.3 Å². The number of anilines is 2. The Bertz CT molecular complexity index is 1040. The number of ether oxygens (including phenoxy) is 1. The van der Waals surface area contributed by atoms with Gasteiger partial charge in [-0.2, -0.15) is 0 Å². The molecule has 160 valence electrons. The Labute approximate surface area is 180 Å². The molecule has 0 N–H and O–H groups in total. The van der Waals surface area contributed by atoms with Gasteiger partial charge in [-0.05, 0) is 54.8 Å². The molecule has 1 atom stereocenters. The van der Waals surface area contributed by atoms with Crippen LogP contribution < -0.4 is 14.5 Å². The van der Waals surface area contributed by atoms with Crippen molar-refractivity contribution in [3.05, 3.63) is 53.6 Å². The molecule has 2 saturated heterocycles. The predicted octanol–water partition coefficient (Wildman–Crippen LogP) is 3.17. The van der Waals surface area contributed by atoms with Crippen molar-refractivity contribution in [2.24, 2.45) is 5.92 Å². The highest BCUT2D eigenvalue weighted by molar-refractivity contribution is 6.20. The van der Waals surface area contributed by atoms with Crippen molar-refractivity contribution in [2.45, 2.75) is 39.5 Å². The maximum absolute atomic E-state index is 12.7. The Morgan fingerprint density at radius 1 is 1.00 bits per heavy atom. The van der Waals surface area contributed by atoms with Crippen molar-refractivity contribution >= 4 is 35.1 Å². The molecule has 0 bridgehead atoms. The minimum atomic E-state index is -0.555. The number of benzene rings is 2. The topological polar surface area (TPSA) is 84.0 Å². The first-order valence-corrected chi connectivity index (χ1v) is 10.4. The van der Waals surface area contributed by atoms with E-state index in [1.165, 1.54) is 10.5 Å². The monoisotopic (exact) mass is 420 g/mol. The summed E-state index contributed by atoms with van der Waals surface area (Å²) in [4.78, 5) is 51.9. The summed E-state index contributed by atoms with van der Waals surface area (Å²) in [7, 11) is 0. The second-order valence-electron chi connectivity index (χ2n) is 7.92. The van der Waals surface area contributed by atoms with Crippen molar-refractivity contribution in [1.29, 1.82) is 0 Å². The summed E-state index contributed by atoms with van der Waals surface area (Å²) in [5, 5.41) is 0. The molecule has 0 aliphatic carbocycles. The van der Waals surface area contributed by atoms with Gasteiger partial charge >= 0.3 is 5.97 Å². The van der Waals surface area contributed by atoms with Crippen LogP contribution in [0.5, 0.6) is 5.75 Å². The normalized spacial score (nSPS) is 18.8. The third kappa shape index (κ3) is 4.08. The van der Waals surface area contributed by atoms with Gasteiger partial charge in [0.05, 0.1) is 11.6 Å². The van der Waals surface area contributed by atoms with Gasteiger partial charge in [0, 0.05) is 31.5 Å². The summed E-state index contributed by atoms with van der Waals surface area (Å²) in [6.07, 6.45) is 1.44. The molecular formula is C24H24N2O5. The molecule has 0 saturated carbocycles. The molecule has 2 fully saturated rings. The first-order chi connectivity index (χ1) is 14.9. The fraction of sp³-hybridized carbons (Fsp3) is 0.333. The number of hydrogen-bond donors (Lipinski definition) is 0. The van der Waals surface area contributed by atoms with E-state index in [2.05, 4.69) is 6.92 Å². The van der Waals surface area contributed by atoms with Crippen LogP contribution in [-0.2, 0) is 25.6 Å². The number of esters is 1. The van der Waals surface area contributed by atoms with Gasteiger partial charge in [0.1, 0.15) is 5.75 Å². The van der Waals surface area contributed by atoms with Crippen molar-refractivity contribution in [2.75, 3.05) is 16.3 Å². The number of amides is 3. The maximum atomic E-state index is 12.7. The number of rotatable bonds is 5. The van der Waals surface area contributed by atoms with Gasteiger partial charge in [0.15, 0.2) is 0 Å². The Morgan fingerprint density at radius 2 is 1.68 bits per heavy atom. The first-order valence-electron chi connectivity index (χ1n) is 10.4. The van der Waals surface area contributed by atoms with Crippen LogP contribution in [0.25, 0.3) is 0 Å². The van der Waals surface area contributed by atoms with Crippen LogP contribution in [0.4, 0.5) is 11.4 Å². The molecule has 1 unspecified atom stereocenters. The lowest BCUT2D eigenvalue weighted by molar-refractivity contribution is -0.139. The quantitative estimate of drug-likeness (QED) is 0.421. The molecule has 2 aromatic rings. The summed E-state index contributed by atoms with van der Waals surface area (Å²) in [5.41, 5.74) is 3.12. The minimum Gasteiger partial charge on any atom is -0.426 e. The largest absolute Gasteiger partial charge is 0.426 e. The Kier molecular flexibility index (Phi) is 5.59. The zero-order valence-electron chi connectivity index (χ0n) is 17.6. The number of aryl methyl sites for hydroxylation is 2. The van der Waals surface area contributed by atoms with Gasteiger partial charge in [0.25, 0.3) is 0 Å². The highest BCUT2D eigenvalue weighted by atomic mass is 16.5. The lowest BCUT2D eigenvalue weighted by Crippen LogP contribution is -2.29. The lowest BCUT2D eigenvalue weighted by Gasteiger charge is -2.18. The molecule has 0 spiro atoms. The van der Waals surface area contributed by atoms with Crippen LogP contribution in [0, 0.1) is 12.8 Å². The molecule has 3 amide bonds. The minimum absolute atomic E-state index is 0.0994. The highest BCUT2D eigenvalue weighted by Gasteiger charge is 2.36. The van der Waals surface area contributed by atoms with Gasteiger partial charge in [-0.25, -0.2) is 0 Å². The van der Waals surface area contributed by atoms with E-state index in [9.17, 15) is 19.2 Å². The second-order valence-corrected chi connectivity index (χ2v) is 7.92. The molecular weight excluding hydrogens is 396 g/mol. The molecule has 0 radical (unpaired) electrons. The molecule has 31 heavy (non-hydrogen) atoms. The van der Waals surface area contributed by atoms with Crippen LogP contribution in [0.1, 0.15) is 37.3 Å². The van der Waals surface area contributed by atoms with Crippen molar-refractivity contribution in [1.82, 2.24) is 0 Å². The zero-order valence-corrected chi connectivity index (χ0v) is 17.6. The summed E-state index contributed by atoms with van der Waals surface area (Å²) in [6, 6.07) is 12.6. The molecule has 2 aliphatic rings. The van der Waals surface area contributed by atoms with E-state index in [4.69, 9.17) is 4.74 Å². The molecule has 2 aliphatic heterocycles. The van der Waals surface area contributed by atoms with Crippen LogP contribution in [0.2, 0.25) is 0 Å². The van der Waals surface area contributed by atoms with E-state index in [0.29, 0.717) is 17.0 Å². The summed E-state index contributed by atoms with van der Waals surface area (Å²) in [6.45, 7) is 4.10. The smallest absolute Gasteiger partial charge is 0.316 e. The van der Waals surface area contributed by atoms with E-state index < -0.39 is 11.9 Å². The number of hydrogen-bond acceptors (Lipinski definition) is 5. The Hall–Kier alpha value is -3.48. The Morgan fingerprint density at radius 3 is 2.29 bits per heavy atom. The predicted molar refractivity (Wildman–Crippen MR) is 115 cm³/mol. The fourth-order valence-corrected chi connectivity index (χ4v) is 4.01. The number of carbonyl (C=O) groups is 4. The number of carbonyl (C=O) groups excluding carboxylic acids is 4. The highest BCUT2D eigenvalue weighted by Crippen LogP contribution is 2.31. The van der Waals surface area contributed by atoms with Crippen molar-refractivity contribution in [3.63, 3.8) is 0 Å². The van der Waals surface area contributed by atoms with E-state index >= 15 is 0 Å². The van der Waals surface area contributed by atoms with E-state index in [1.54, 1.807) is 30.0 Å². The molecule has 7 heteroatoms. The lowest BCUT2D eigenvalue weighted by atomic mass is 10.1. The molecule has 7 nitrogen and oxygen atoms in total. The third-order valence-corrected chi connectivity index (χ3v) is 5.79. The summed E-state index contributed by atoms with van der Waals surface area (Å²) < 4.78 is 5.51. The van der Waals surface area contributed by atoms with Gasteiger partial charge in [-0.3, -0.25) is 24.1 Å². The van der Waals surface area contributed by atoms with Crippen LogP contribution >= 0.6 is 0 Å². The molecule has 0 aromatic heterocycles. The third-order valence-electron chi connectivity index (χ3n) is 5.79. The average molecular weight is 420 g/mol.